The second kappa shape index (κ2) is 8.86. The summed E-state index contributed by atoms with van der Waals surface area (Å²) in [5, 5.41) is 4.95. The molecule has 0 saturated carbocycles. The Morgan fingerprint density at radius 1 is 0.923 bits per heavy atom. The molecule has 4 aromatic rings. The zero-order chi connectivity index (χ0) is 26.9. The third-order valence-electron chi connectivity index (χ3n) is 8.33. The predicted octanol–water partition coefficient (Wildman–Crippen LogP) is 6.76. The number of carbonyl (C=O) groups excluding carboxylic acids is 3. The van der Waals surface area contributed by atoms with Gasteiger partial charge < -0.3 is 10.2 Å². The molecular formula is C32H23BrN2O3S. The van der Waals surface area contributed by atoms with Gasteiger partial charge in [-0.2, -0.15) is 0 Å². The van der Waals surface area contributed by atoms with Gasteiger partial charge in [0.05, 0.1) is 16.8 Å². The van der Waals surface area contributed by atoms with Crippen LogP contribution in [-0.4, -0.2) is 29.6 Å². The summed E-state index contributed by atoms with van der Waals surface area (Å²) in [6.45, 7) is 2.03. The van der Waals surface area contributed by atoms with Crippen LogP contribution in [0.4, 0.5) is 11.4 Å². The van der Waals surface area contributed by atoms with Gasteiger partial charge in [0.1, 0.15) is 11.5 Å². The number of nitrogens with zero attached hydrogens (tertiary/aromatic N) is 1. The molecule has 7 heteroatoms. The number of fused-ring (bicyclic) bond motifs is 6. The van der Waals surface area contributed by atoms with Gasteiger partial charge in [-0.05, 0) is 53.8 Å². The van der Waals surface area contributed by atoms with E-state index in [-0.39, 0.29) is 17.5 Å². The fraction of sp³-hybridized carbons (Fsp3) is 0.156. The van der Waals surface area contributed by atoms with E-state index < -0.39 is 23.4 Å². The van der Waals surface area contributed by atoms with Crippen molar-refractivity contribution >= 4 is 61.7 Å². The maximum atomic E-state index is 14.7. The van der Waals surface area contributed by atoms with E-state index in [0.717, 1.165) is 26.9 Å². The first-order valence-electron chi connectivity index (χ1n) is 12.8. The Balaban J connectivity index is 1.56. The van der Waals surface area contributed by atoms with Crippen molar-refractivity contribution < 1.29 is 14.4 Å². The number of hydrogen-bond donors (Lipinski definition) is 1. The Morgan fingerprint density at radius 2 is 1.67 bits per heavy atom. The molecule has 1 aromatic heterocycles. The molecule has 0 unspecified atom stereocenters. The van der Waals surface area contributed by atoms with Gasteiger partial charge in [-0.25, -0.2) is 0 Å². The Morgan fingerprint density at radius 3 is 2.44 bits per heavy atom. The minimum atomic E-state index is -1.30. The molecule has 1 saturated heterocycles. The third kappa shape index (κ3) is 3.33. The van der Waals surface area contributed by atoms with E-state index >= 15 is 0 Å². The molecule has 1 fully saturated rings. The van der Waals surface area contributed by atoms with Crippen LogP contribution in [0.5, 0.6) is 0 Å². The summed E-state index contributed by atoms with van der Waals surface area (Å²) in [7, 11) is 0. The molecule has 5 nitrogen and oxygen atoms in total. The third-order valence-corrected chi connectivity index (χ3v) is 9.74. The highest BCUT2D eigenvalue weighted by Crippen LogP contribution is 2.58. The number of anilines is 2. The maximum Gasteiger partial charge on any atom is 0.238 e. The van der Waals surface area contributed by atoms with Crippen molar-refractivity contribution in [3.63, 3.8) is 0 Å². The van der Waals surface area contributed by atoms with Crippen molar-refractivity contribution in [2.24, 2.45) is 5.92 Å². The van der Waals surface area contributed by atoms with E-state index in [2.05, 4.69) is 27.3 Å². The van der Waals surface area contributed by atoms with Crippen LogP contribution in [0.3, 0.4) is 0 Å². The van der Waals surface area contributed by atoms with E-state index in [4.69, 9.17) is 0 Å². The van der Waals surface area contributed by atoms with Crippen LogP contribution in [0.15, 0.2) is 101 Å². The van der Waals surface area contributed by atoms with Gasteiger partial charge >= 0.3 is 0 Å². The SMILES string of the molecule is CC1=C[C@H]2N(c3ccccc31)[C@@H](C(=O)c1cccs1)[C@@H](C(=O)c1ccc(Br)cc1)[C@@]21C(=O)Nc2ccccc21. The zero-order valence-electron chi connectivity index (χ0n) is 20.9. The summed E-state index contributed by atoms with van der Waals surface area (Å²) in [5.41, 5.74) is 3.49. The summed E-state index contributed by atoms with van der Waals surface area (Å²) < 4.78 is 0.847. The van der Waals surface area contributed by atoms with Gasteiger partial charge in [0.2, 0.25) is 5.91 Å². The van der Waals surface area contributed by atoms with Crippen LogP contribution in [0.2, 0.25) is 0 Å². The molecule has 39 heavy (non-hydrogen) atoms. The van der Waals surface area contributed by atoms with Gasteiger partial charge in [0, 0.05) is 27.0 Å². The highest BCUT2D eigenvalue weighted by Gasteiger charge is 2.70. The largest absolute Gasteiger partial charge is 0.352 e. The highest BCUT2D eigenvalue weighted by atomic mass is 79.9. The number of carbonyl (C=O) groups is 3. The minimum Gasteiger partial charge on any atom is -0.352 e. The van der Waals surface area contributed by atoms with Crippen LogP contribution in [0.1, 0.15) is 38.1 Å². The number of benzene rings is 3. The van der Waals surface area contributed by atoms with Crippen molar-refractivity contribution in [3.05, 3.63) is 122 Å². The first-order chi connectivity index (χ1) is 18.9. The van der Waals surface area contributed by atoms with Gasteiger partial charge in [-0.15, -0.1) is 11.3 Å². The quantitative estimate of drug-likeness (QED) is 0.265. The number of nitrogens with one attached hydrogen (secondary N) is 1. The number of allylic oxidation sites excluding steroid dienone is 1. The van der Waals surface area contributed by atoms with Crippen LogP contribution >= 0.6 is 27.3 Å². The topological polar surface area (TPSA) is 66.5 Å². The second-order valence-corrected chi connectivity index (χ2v) is 12.1. The highest BCUT2D eigenvalue weighted by molar-refractivity contribution is 9.10. The molecule has 3 aliphatic rings. The summed E-state index contributed by atoms with van der Waals surface area (Å²) in [5.74, 6) is -1.58. The molecule has 0 aliphatic carbocycles. The lowest BCUT2D eigenvalue weighted by molar-refractivity contribution is -0.121. The number of hydrogen-bond acceptors (Lipinski definition) is 5. The number of para-hydroxylation sites is 2. The Labute approximate surface area is 238 Å². The summed E-state index contributed by atoms with van der Waals surface area (Å²) in [4.78, 5) is 46.1. The standard InChI is InChI=1S/C32H23BrN2O3S/c1-18-17-26-32(22-8-3-4-9-23(22)34-31(32)38)27(29(36)19-12-14-20(33)15-13-19)28(30(37)25-11-6-16-39-25)35(26)24-10-5-2-7-21(18)24/h2-17,26-28H,1H3,(H,34,38)/t26-,27+,28-,32+/m1/s1. The van der Waals surface area contributed by atoms with Crippen molar-refractivity contribution in [2.45, 2.75) is 24.4 Å². The monoisotopic (exact) mass is 594 g/mol. The van der Waals surface area contributed by atoms with E-state index in [1.807, 2.05) is 83.9 Å². The smallest absolute Gasteiger partial charge is 0.238 e. The van der Waals surface area contributed by atoms with Crippen molar-refractivity contribution in [2.75, 3.05) is 10.2 Å². The van der Waals surface area contributed by atoms with Crippen LogP contribution in [0, 0.1) is 5.92 Å². The zero-order valence-corrected chi connectivity index (χ0v) is 23.3. The first-order valence-corrected chi connectivity index (χ1v) is 14.4. The lowest BCUT2D eigenvalue weighted by atomic mass is 9.64. The summed E-state index contributed by atoms with van der Waals surface area (Å²) in [6.07, 6.45) is 2.08. The lowest BCUT2D eigenvalue weighted by Gasteiger charge is -2.39. The van der Waals surface area contributed by atoms with Crippen LogP contribution in [0.25, 0.3) is 5.57 Å². The Kier molecular flexibility index (Phi) is 5.51. The van der Waals surface area contributed by atoms with Gasteiger partial charge in [0.25, 0.3) is 0 Å². The normalized spacial score (nSPS) is 24.6. The number of halogens is 1. The molecule has 1 N–H and O–H groups in total. The average Bonchev–Trinajstić information content (AvgIpc) is 3.66. The second-order valence-electron chi connectivity index (χ2n) is 10.2. The fourth-order valence-corrected chi connectivity index (χ4v) is 7.71. The Bertz CT molecular complexity index is 1690. The minimum absolute atomic E-state index is 0.151. The van der Waals surface area contributed by atoms with Crippen molar-refractivity contribution in [3.8, 4) is 0 Å². The molecule has 1 amide bonds. The van der Waals surface area contributed by atoms with E-state index in [9.17, 15) is 14.4 Å². The van der Waals surface area contributed by atoms with E-state index in [0.29, 0.717) is 16.1 Å². The van der Waals surface area contributed by atoms with Crippen molar-refractivity contribution in [1.29, 1.82) is 0 Å². The molecule has 7 rings (SSSR count). The molecule has 0 radical (unpaired) electrons. The van der Waals surface area contributed by atoms with E-state index in [1.165, 1.54) is 11.3 Å². The lowest BCUT2D eigenvalue weighted by Crippen LogP contribution is -2.51. The Hall–Kier alpha value is -3.81. The first kappa shape index (κ1) is 24.2. The molecule has 4 heterocycles. The van der Waals surface area contributed by atoms with Crippen LogP contribution < -0.4 is 10.2 Å². The van der Waals surface area contributed by atoms with Crippen LogP contribution in [-0.2, 0) is 10.2 Å². The van der Waals surface area contributed by atoms with Gasteiger partial charge in [-0.1, -0.05) is 76.6 Å². The van der Waals surface area contributed by atoms with Crippen molar-refractivity contribution in [1.82, 2.24) is 0 Å². The number of ketones is 2. The number of Topliss-reactive ketones (excluding diaryl/α,β-unsaturated/α-hetero) is 2. The molecule has 3 aliphatic heterocycles. The molecule has 192 valence electrons. The molecule has 4 atom stereocenters. The summed E-state index contributed by atoms with van der Waals surface area (Å²) in [6, 6.07) is 24.9. The number of rotatable bonds is 4. The molecule has 0 bridgehead atoms. The maximum absolute atomic E-state index is 14.7. The predicted molar refractivity (Wildman–Crippen MR) is 158 cm³/mol. The molecular weight excluding hydrogens is 572 g/mol. The average molecular weight is 596 g/mol. The number of thiophene rings is 1. The van der Waals surface area contributed by atoms with E-state index in [1.54, 1.807) is 18.2 Å². The van der Waals surface area contributed by atoms with Gasteiger partial charge in [0.15, 0.2) is 11.6 Å². The van der Waals surface area contributed by atoms with Gasteiger partial charge in [-0.3, -0.25) is 14.4 Å². The fourth-order valence-electron chi connectivity index (χ4n) is 6.75. The molecule has 1 spiro atoms. The summed E-state index contributed by atoms with van der Waals surface area (Å²) >= 11 is 4.82. The number of amides is 1. The molecule has 3 aromatic carbocycles.